The molecule has 0 bridgehead atoms. The Kier molecular flexibility index (Phi) is 3.28. The molecule has 0 aliphatic rings. The van der Waals surface area contributed by atoms with Gasteiger partial charge in [0.25, 0.3) is 0 Å². The van der Waals surface area contributed by atoms with Gasteiger partial charge in [-0.2, -0.15) is 0 Å². The van der Waals surface area contributed by atoms with Crippen LogP contribution in [0.4, 0.5) is 5.82 Å². The molecule has 2 aromatic rings. The second kappa shape index (κ2) is 4.70. The molecule has 2 heterocycles. The lowest BCUT2D eigenvalue weighted by Crippen LogP contribution is -2.29. The molecule has 0 aromatic carbocycles. The summed E-state index contributed by atoms with van der Waals surface area (Å²) in [5, 5.41) is 2.98. The third-order valence-electron chi connectivity index (χ3n) is 2.25. The smallest absolute Gasteiger partial charge is 0.241 e. The van der Waals surface area contributed by atoms with Crippen LogP contribution < -0.4 is 5.32 Å². The van der Waals surface area contributed by atoms with E-state index in [4.69, 9.17) is 0 Å². The Balaban J connectivity index is 2.23. The minimum Gasteiger partial charge on any atom is -0.358 e. The highest BCUT2D eigenvalue weighted by Gasteiger charge is 2.09. The number of amides is 1. The number of likely N-dealkylation sites (N-methyl/N-ethyl adjacent to an activating group) is 1. The van der Waals surface area contributed by atoms with Crippen molar-refractivity contribution in [3.8, 4) is 0 Å². The summed E-state index contributed by atoms with van der Waals surface area (Å²) in [5.41, 5.74) is 0.694. The van der Waals surface area contributed by atoms with Crippen LogP contribution in [0.3, 0.4) is 0 Å². The number of fused-ring (bicyclic) bond motifs is 1. The van der Waals surface area contributed by atoms with Gasteiger partial charge in [0.1, 0.15) is 4.60 Å². The fraction of sp³-hybridized carbons (Fsp3) is 0.300. The maximum Gasteiger partial charge on any atom is 0.241 e. The highest BCUT2D eigenvalue weighted by molar-refractivity contribution is 9.10. The number of rotatable bonds is 3. The number of carbonyl (C=O) groups is 1. The predicted octanol–water partition coefficient (Wildman–Crippen LogP) is 0.992. The Morgan fingerprint density at radius 1 is 1.59 bits per heavy atom. The third kappa shape index (κ3) is 2.55. The van der Waals surface area contributed by atoms with Gasteiger partial charge in [-0.15, -0.1) is 0 Å². The largest absolute Gasteiger partial charge is 0.358 e. The zero-order valence-electron chi connectivity index (χ0n) is 9.51. The van der Waals surface area contributed by atoms with E-state index in [1.807, 2.05) is 10.6 Å². The van der Waals surface area contributed by atoms with Gasteiger partial charge in [-0.1, -0.05) is 0 Å². The average molecular weight is 298 g/mol. The molecule has 0 spiro atoms. The first-order chi connectivity index (χ1) is 8.08. The monoisotopic (exact) mass is 297 g/mol. The molecule has 0 aliphatic heterocycles. The van der Waals surface area contributed by atoms with Crippen LogP contribution in [0.2, 0.25) is 0 Å². The predicted molar refractivity (Wildman–Crippen MR) is 67.9 cm³/mol. The van der Waals surface area contributed by atoms with E-state index in [2.05, 4.69) is 31.2 Å². The lowest BCUT2D eigenvalue weighted by molar-refractivity contribution is -0.126. The van der Waals surface area contributed by atoms with Crippen LogP contribution in [0.5, 0.6) is 0 Å². The first-order valence-corrected chi connectivity index (χ1v) is 5.80. The van der Waals surface area contributed by atoms with Crippen LogP contribution in [-0.2, 0) is 4.79 Å². The molecule has 0 saturated carbocycles. The number of hydrogen-bond donors (Lipinski definition) is 1. The summed E-state index contributed by atoms with van der Waals surface area (Å²) in [7, 11) is 3.42. The first-order valence-electron chi connectivity index (χ1n) is 5.01. The van der Waals surface area contributed by atoms with E-state index in [9.17, 15) is 4.79 Å². The number of hydrogen-bond acceptors (Lipinski definition) is 4. The van der Waals surface area contributed by atoms with Crippen LogP contribution in [-0.4, -0.2) is 45.8 Å². The quantitative estimate of drug-likeness (QED) is 0.918. The summed E-state index contributed by atoms with van der Waals surface area (Å²) in [6.07, 6.45) is 5.31. The number of imidazole rings is 1. The molecule has 0 fully saturated rings. The Morgan fingerprint density at radius 2 is 2.35 bits per heavy atom. The highest BCUT2D eigenvalue weighted by Crippen LogP contribution is 2.16. The van der Waals surface area contributed by atoms with Crippen molar-refractivity contribution >= 4 is 33.3 Å². The van der Waals surface area contributed by atoms with Crippen molar-refractivity contribution < 1.29 is 4.79 Å². The van der Waals surface area contributed by atoms with Crippen LogP contribution in [0.15, 0.2) is 23.2 Å². The van der Waals surface area contributed by atoms with E-state index in [1.54, 1.807) is 26.5 Å². The number of carbonyl (C=O) groups excluding carboxylic acids is 1. The van der Waals surface area contributed by atoms with E-state index >= 15 is 0 Å². The van der Waals surface area contributed by atoms with Gasteiger partial charge in [-0.25, -0.2) is 9.97 Å². The van der Waals surface area contributed by atoms with E-state index in [-0.39, 0.29) is 12.5 Å². The van der Waals surface area contributed by atoms with Crippen LogP contribution in [0.1, 0.15) is 0 Å². The number of nitrogens with one attached hydrogen (secondary N) is 1. The van der Waals surface area contributed by atoms with Gasteiger partial charge in [0, 0.05) is 32.7 Å². The minimum atomic E-state index is -0.0171. The summed E-state index contributed by atoms with van der Waals surface area (Å²) in [5.74, 6) is 0.566. The molecule has 0 radical (unpaired) electrons. The second-order valence-corrected chi connectivity index (χ2v) is 4.52. The zero-order valence-corrected chi connectivity index (χ0v) is 11.1. The molecule has 0 atom stereocenters. The number of nitrogens with zero attached hydrogens (tertiary/aromatic N) is 4. The van der Waals surface area contributed by atoms with Gasteiger partial charge >= 0.3 is 0 Å². The van der Waals surface area contributed by atoms with Crippen molar-refractivity contribution in [3.05, 3.63) is 23.2 Å². The van der Waals surface area contributed by atoms with Crippen molar-refractivity contribution in [2.45, 2.75) is 0 Å². The molecular formula is C10H12BrN5O. The Bertz CT molecular complexity index is 551. The van der Waals surface area contributed by atoms with Gasteiger partial charge in [0.2, 0.25) is 5.91 Å². The molecule has 2 rings (SSSR count). The van der Waals surface area contributed by atoms with Crippen LogP contribution in [0.25, 0.3) is 5.65 Å². The highest BCUT2D eigenvalue weighted by atomic mass is 79.9. The van der Waals surface area contributed by atoms with E-state index in [1.165, 1.54) is 4.90 Å². The molecule has 17 heavy (non-hydrogen) atoms. The van der Waals surface area contributed by atoms with Crippen molar-refractivity contribution in [3.63, 3.8) is 0 Å². The lowest BCUT2D eigenvalue weighted by Gasteiger charge is -2.11. The lowest BCUT2D eigenvalue weighted by atomic mass is 10.5. The summed E-state index contributed by atoms with van der Waals surface area (Å²) in [4.78, 5) is 21.4. The summed E-state index contributed by atoms with van der Waals surface area (Å²) in [6.45, 7) is 0.193. The topological polar surface area (TPSA) is 62.5 Å². The Labute approximate surface area is 107 Å². The summed E-state index contributed by atoms with van der Waals surface area (Å²) in [6, 6.07) is 0. The fourth-order valence-corrected chi connectivity index (χ4v) is 1.74. The average Bonchev–Trinajstić information content (AvgIpc) is 2.72. The van der Waals surface area contributed by atoms with Crippen LogP contribution in [0, 0.1) is 0 Å². The number of aromatic nitrogens is 3. The first kappa shape index (κ1) is 11.8. The zero-order chi connectivity index (χ0) is 12.4. The standard InChI is InChI=1S/C10H12BrN5O/c1-15(2)8(17)5-13-9-10-12-3-4-16(10)6-7(11)14-9/h3-4,6H,5H2,1-2H3,(H,13,14). The van der Waals surface area contributed by atoms with Crippen molar-refractivity contribution in [2.75, 3.05) is 26.0 Å². The molecule has 1 N–H and O–H groups in total. The summed E-state index contributed by atoms with van der Waals surface area (Å²) < 4.78 is 2.52. The van der Waals surface area contributed by atoms with Crippen molar-refractivity contribution in [1.29, 1.82) is 0 Å². The number of anilines is 1. The molecule has 2 aromatic heterocycles. The Morgan fingerprint density at radius 3 is 3.06 bits per heavy atom. The molecule has 0 aliphatic carbocycles. The maximum atomic E-state index is 11.5. The SMILES string of the molecule is CN(C)C(=O)CNc1nc(Br)cn2ccnc12. The molecule has 1 amide bonds. The maximum absolute atomic E-state index is 11.5. The van der Waals surface area contributed by atoms with Crippen LogP contribution >= 0.6 is 15.9 Å². The van der Waals surface area contributed by atoms with Gasteiger partial charge in [0.05, 0.1) is 6.54 Å². The van der Waals surface area contributed by atoms with Gasteiger partial charge in [0.15, 0.2) is 11.5 Å². The molecule has 0 saturated heterocycles. The number of halogens is 1. The normalized spacial score (nSPS) is 10.5. The molecular weight excluding hydrogens is 286 g/mol. The molecule has 90 valence electrons. The third-order valence-corrected chi connectivity index (χ3v) is 2.63. The van der Waals surface area contributed by atoms with E-state index < -0.39 is 0 Å². The van der Waals surface area contributed by atoms with Gasteiger partial charge in [-0.3, -0.25) is 4.79 Å². The second-order valence-electron chi connectivity index (χ2n) is 3.71. The molecule has 7 heteroatoms. The van der Waals surface area contributed by atoms with E-state index in [0.29, 0.717) is 16.1 Å². The molecule has 0 unspecified atom stereocenters. The van der Waals surface area contributed by atoms with Gasteiger partial charge in [-0.05, 0) is 15.9 Å². The van der Waals surface area contributed by atoms with Crippen molar-refractivity contribution in [2.24, 2.45) is 0 Å². The fourth-order valence-electron chi connectivity index (χ4n) is 1.34. The van der Waals surface area contributed by atoms with Gasteiger partial charge < -0.3 is 14.6 Å². The summed E-state index contributed by atoms with van der Waals surface area (Å²) >= 11 is 3.31. The minimum absolute atomic E-state index is 0.0171. The van der Waals surface area contributed by atoms with E-state index in [0.717, 1.165) is 0 Å². The Hall–Kier alpha value is -1.63. The molecule has 6 nitrogen and oxygen atoms in total. The van der Waals surface area contributed by atoms with Crippen molar-refractivity contribution in [1.82, 2.24) is 19.3 Å².